The molecule has 0 aliphatic carbocycles. The average Bonchev–Trinajstić information content (AvgIpc) is 3.25. The fourth-order valence-corrected chi connectivity index (χ4v) is 4.81. The third kappa shape index (κ3) is 4.64. The Hall–Kier alpha value is -3.72. The first-order valence-electron chi connectivity index (χ1n) is 11.8. The van der Waals surface area contributed by atoms with Crippen molar-refractivity contribution in [3.63, 3.8) is 0 Å². The lowest BCUT2D eigenvalue weighted by molar-refractivity contribution is 0.128. The Bertz CT molecular complexity index is 1360. The van der Waals surface area contributed by atoms with Gasteiger partial charge in [0.25, 0.3) is 5.56 Å². The van der Waals surface area contributed by atoms with Crippen molar-refractivity contribution in [2.75, 3.05) is 37.0 Å². The molecule has 0 unspecified atom stereocenters. The molecule has 35 heavy (non-hydrogen) atoms. The molecule has 0 saturated carbocycles. The molecule has 1 fully saturated rings. The normalized spacial score (nSPS) is 14.5. The second-order valence-corrected chi connectivity index (χ2v) is 8.87. The van der Waals surface area contributed by atoms with Gasteiger partial charge in [0, 0.05) is 45.6 Å². The van der Waals surface area contributed by atoms with Gasteiger partial charge in [-0.15, -0.1) is 0 Å². The quantitative estimate of drug-likeness (QED) is 0.407. The maximum atomic E-state index is 13.4. The van der Waals surface area contributed by atoms with Crippen LogP contribution in [0.4, 0.5) is 16.3 Å². The van der Waals surface area contributed by atoms with Crippen molar-refractivity contribution in [3.05, 3.63) is 82.5 Å². The van der Waals surface area contributed by atoms with Crippen LogP contribution in [-0.4, -0.2) is 52.4 Å². The zero-order valence-electron chi connectivity index (χ0n) is 20.0. The summed E-state index contributed by atoms with van der Waals surface area (Å²) in [6, 6.07) is 16.4. The number of methoxy groups -OCH3 is 1. The minimum absolute atomic E-state index is 0.129. The Morgan fingerprint density at radius 2 is 1.80 bits per heavy atom. The lowest BCUT2D eigenvalue weighted by Gasteiger charge is -2.38. The number of rotatable bonds is 7. The summed E-state index contributed by atoms with van der Waals surface area (Å²) in [6.07, 6.45) is 3.34. The predicted molar refractivity (Wildman–Crippen MR) is 134 cm³/mol. The second-order valence-electron chi connectivity index (χ2n) is 8.87. The summed E-state index contributed by atoms with van der Waals surface area (Å²) >= 11 is 0. The topological polar surface area (TPSA) is 68.4 Å². The van der Waals surface area contributed by atoms with Crippen molar-refractivity contribution in [3.8, 4) is 0 Å². The number of para-hydroxylation sites is 2. The summed E-state index contributed by atoms with van der Waals surface area (Å²) < 4.78 is 22.4. The van der Waals surface area contributed by atoms with Crippen LogP contribution in [0.5, 0.6) is 0 Å². The molecule has 1 saturated heterocycles. The van der Waals surface area contributed by atoms with E-state index in [-0.39, 0.29) is 24.1 Å². The van der Waals surface area contributed by atoms with E-state index in [4.69, 9.17) is 9.72 Å². The molecule has 2 aromatic heterocycles. The third-order valence-corrected chi connectivity index (χ3v) is 6.67. The summed E-state index contributed by atoms with van der Waals surface area (Å²) in [4.78, 5) is 26.1. The van der Waals surface area contributed by atoms with E-state index < -0.39 is 0 Å². The summed E-state index contributed by atoms with van der Waals surface area (Å²) in [5.74, 6) is 1.30. The van der Waals surface area contributed by atoms with Gasteiger partial charge in [0.1, 0.15) is 12.5 Å². The van der Waals surface area contributed by atoms with Crippen LogP contribution in [0.2, 0.25) is 0 Å². The van der Waals surface area contributed by atoms with Gasteiger partial charge in [-0.1, -0.05) is 24.3 Å². The van der Waals surface area contributed by atoms with Gasteiger partial charge in [-0.25, -0.2) is 14.4 Å². The van der Waals surface area contributed by atoms with E-state index in [1.54, 1.807) is 17.9 Å². The number of nitrogens with zero attached hydrogens (tertiary/aromatic N) is 6. The van der Waals surface area contributed by atoms with Gasteiger partial charge in [0.05, 0.1) is 17.6 Å². The molecule has 2 aromatic carbocycles. The van der Waals surface area contributed by atoms with Crippen LogP contribution in [0.15, 0.2) is 65.6 Å². The lowest BCUT2D eigenvalue weighted by Crippen LogP contribution is -2.46. The Kier molecular flexibility index (Phi) is 6.50. The Morgan fingerprint density at radius 1 is 1.06 bits per heavy atom. The molecule has 182 valence electrons. The molecule has 0 radical (unpaired) electrons. The summed E-state index contributed by atoms with van der Waals surface area (Å²) in [5, 5.41) is 0. The Balaban J connectivity index is 1.37. The van der Waals surface area contributed by atoms with Crippen LogP contribution >= 0.6 is 0 Å². The van der Waals surface area contributed by atoms with E-state index in [1.165, 1.54) is 18.2 Å². The molecule has 1 aliphatic heterocycles. The summed E-state index contributed by atoms with van der Waals surface area (Å²) in [5.41, 5.74) is 2.90. The minimum atomic E-state index is -0.237. The number of ether oxygens (including phenoxy) is 1. The first kappa shape index (κ1) is 23.0. The van der Waals surface area contributed by atoms with Gasteiger partial charge in [-0.2, -0.15) is 0 Å². The number of benzene rings is 2. The molecule has 0 amide bonds. The first-order valence-corrected chi connectivity index (χ1v) is 11.8. The van der Waals surface area contributed by atoms with Gasteiger partial charge in [0.2, 0.25) is 11.9 Å². The molecule has 8 nitrogen and oxygen atoms in total. The maximum absolute atomic E-state index is 13.4. The van der Waals surface area contributed by atoms with Gasteiger partial charge in [-0.05, 0) is 42.7 Å². The lowest BCUT2D eigenvalue weighted by atomic mass is 10.0. The number of piperidine rings is 1. The van der Waals surface area contributed by atoms with Crippen LogP contribution in [0.3, 0.4) is 0 Å². The van der Waals surface area contributed by atoms with Crippen LogP contribution < -0.4 is 15.4 Å². The molecular formula is C26H29FN6O2. The number of hydrogen-bond donors (Lipinski definition) is 0. The second kappa shape index (κ2) is 9.87. The zero-order valence-corrected chi connectivity index (χ0v) is 20.0. The third-order valence-electron chi connectivity index (χ3n) is 6.67. The molecule has 0 atom stereocenters. The largest absolute Gasteiger partial charge is 0.364 e. The first-order chi connectivity index (χ1) is 17.0. The highest BCUT2D eigenvalue weighted by Gasteiger charge is 2.27. The number of halogens is 1. The molecule has 5 rings (SSSR count). The molecule has 0 spiro atoms. The SMILES string of the molecule is COCn1c(N(C)C2CCN(c3nc4ccccc4n3Cc3ccc(F)cc3)CC2)nccc1=O. The predicted octanol–water partition coefficient (Wildman–Crippen LogP) is 3.49. The van der Waals surface area contributed by atoms with Crippen molar-refractivity contribution in [1.29, 1.82) is 0 Å². The molecular weight excluding hydrogens is 447 g/mol. The number of aromatic nitrogens is 4. The van der Waals surface area contributed by atoms with Crippen molar-refractivity contribution < 1.29 is 9.13 Å². The average molecular weight is 477 g/mol. The number of anilines is 2. The monoisotopic (exact) mass is 476 g/mol. The number of fused-ring (bicyclic) bond motifs is 1. The molecule has 0 bridgehead atoms. The maximum Gasteiger partial charge on any atom is 0.256 e. The fourth-order valence-electron chi connectivity index (χ4n) is 4.81. The highest BCUT2D eigenvalue weighted by atomic mass is 19.1. The van der Waals surface area contributed by atoms with Crippen LogP contribution in [0.25, 0.3) is 11.0 Å². The van der Waals surface area contributed by atoms with E-state index in [9.17, 15) is 9.18 Å². The highest BCUT2D eigenvalue weighted by Crippen LogP contribution is 2.28. The standard InChI is InChI=1S/C26H29FN6O2/c1-30(25-28-14-11-24(34)33(25)18-35-2)21-12-15-31(16-13-21)26-29-22-5-3-4-6-23(22)32(26)17-19-7-9-20(27)10-8-19/h3-11,14,21H,12-13,15-18H2,1-2H3. The van der Waals surface area contributed by atoms with E-state index in [0.29, 0.717) is 12.5 Å². The van der Waals surface area contributed by atoms with Gasteiger partial charge >= 0.3 is 0 Å². The van der Waals surface area contributed by atoms with E-state index in [2.05, 4.69) is 25.4 Å². The van der Waals surface area contributed by atoms with Gasteiger partial charge < -0.3 is 19.1 Å². The molecule has 1 aliphatic rings. The van der Waals surface area contributed by atoms with Crippen molar-refractivity contribution >= 4 is 22.9 Å². The van der Waals surface area contributed by atoms with E-state index >= 15 is 0 Å². The fraction of sp³-hybridized carbons (Fsp3) is 0.346. The molecule has 9 heteroatoms. The van der Waals surface area contributed by atoms with E-state index in [1.807, 2.05) is 37.4 Å². The molecule has 3 heterocycles. The molecule has 0 N–H and O–H groups in total. The number of imidazole rings is 1. The summed E-state index contributed by atoms with van der Waals surface area (Å²) in [7, 11) is 3.55. The van der Waals surface area contributed by atoms with E-state index in [0.717, 1.165) is 48.5 Å². The van der Waals surface area contributed by atoms with Crippen molar-refractivity contribution in [2.24, 2.45) is 0 Å². The van der Waals surface area contributed by atoms with Crippen molar-refractivity contribution in [1.82, 2.24) is 19.1 Å². The molecule has 4 aromatic rings. The minimum Gasteiger partial charge on any atom is -0.364 e. The number of hydrogen-bond acceptors (Lipinski definition) is 6. The van der Waals surface area contributed by atoms with Gasteiger partial charge in [-0.3, -0.25) is 9.36 Å². The van der Waals surface area contributed by atoms with Crippen LogP contribution in [0.1, 0.15) is 18.4 Å². The smallest absolute Gasteiger partial charge is 0.256 e. The Labute approximate surface area is 203 Å². The van der Waals surface area contributed by atoms with Crippen LogP contribution in [0, 0.1) is 5.82 Å². The Morgan fingerprint density at radius 3 is 2.54 bits per heavy atom. The summed E-state index contributed by atoms with van der Waals surface area (Å²) in [6.45, 7) is 2.43. The van der Waals surface area contributed by atoms with Gasteiger partial charge in [0.15, 0.2) is 0 Å². The zero-order chi connectivity index (χ0) is 24.4. The highest BCUT2D eigenvalue weighted by molar-refractivity contribution is 5.79. The van der Waals surface area contributed by atoms with Crippen LogP contribution in [-0.2, 0) is 18.0 Å². The van der Waals surface area contributed by atoms with Crippen molar-refractivity contribution in [2.45, 2.75) is 32.2 Å².